The van der Waals surface area contributed by atoms with Crippen LogP contribution in [0.4, 0.5) is 5.69 Å². The Hall–Kier alpha value is -0.770. The zero-order valence-corrected chi connectivity index (χ0v) is 9.67. The maximum absolute atomic E-state index is 9.18. The third kappa shape index (κ3) is 3.38. The number of halogens is 1. The van der Waals surface area contributed by atoms with Gasteiger partial charge in [0.2, 0.25) is 0 Å². The molecule has 0 aliphatic heterocycles. The Morgan fingerprint density at radius 3 is 2.53 bits per heavy atom. The van der Waals surface area contributed by atoms with Crippen molar-refractivity contribution in [3.63, 3.8) is 0 Å². The highest BCUT2D eigenvalue weighted by atomic mass is 35.5. The van der Waals surface area contributed by atoms with Gasteiger partial charge in [0.15, 0.2) is 0 Å². The summed E-state index contributed by atoms with van der Waals surface area (Å²) in [6.07, 6.45) is -0.761. The lowest BCUT2D eigenvalue weighted by Crippen LogP contribution is -2.23. The number of benzene rings is 1. The van der Waals surface area contributed by atoms with Gasteiger partial charge in [0, 0.05) is 6.54 Å². The molecular weight excluding hydrogens is 214 g/mol. The predicted molar refractivity (Wildman–Crippen MR) is 62.5 cm³/mol. The average Bonchev–Trinajstić information content (AvgIpc) is 2.21. The van der Waals surface area contributed by atoms with Crippen LogP contribution in [-0.4, -0.2) is 29.5 Å². The van der Waals surface area contributed by atoms with Crippen LogP contribution < -0.4 is 5.32 Å². The number of hydrogen-bond acceptors (Lipinski definition) is 3. The highest BCUT2D eigenvalue weighted by Gasteiger charge is 2.05. The van der Waals surface area contributed by atoms with Crippen molar-refractivity contribution >= 4 is 17.3 Å². The Morgan fingerprint density at radius 2 is 1.93 bits per heavy atom. The van der Waals surface area contributed by atoms with E-state index in [-0.39, 0.29) is 6.61 Å². The number of anilines is 1. The van der Waals surface area contributed by atoms with Crippen molar-refractivity contribution < 1.29 is 10.2 Å². The maximum atomic E-state index is 9.18. The topological polar surface area (TPSA) is 52.5 Å². The van der Waals surface area contributed by atoms with E-state index in [1.165, 1.54) is 0 Å². The van der Waals surface area contributed by atoms with Crippen molar-refractivity contribution in [1.82, 2.24) is 0 Å². The molecule has 0 fully saturated rings. The van der Waals surface area contributed by atoms with Crippen LogP contribution in [0.25, 0.3) is 0 Å². The standard InChI is InChI=1S/C11H16ClNO2/c1-7-3-10(12)11(4-8(7)2)13-5-9(15)6-14/h3-4,9,13-15H,5-6H2,1-2H3. The number of hydrogen-bond donors (Lipinski definition) is 3. The SMILES string of the molecule is Cc1cc(Cl)c(NCC(O)CO)cc1C. The summed E-state index contributed by atoms with van der Waals surface area (Å²) < 4.78 is 0. The molecule has 1 atom stereocenters. The average molecular weight is 230 g/mol. The molecule has 0 amide bonds. The van der Waals surface area contributed by atoms with Crippen molar-refractivity contribution in [3.8, 4) is 0 Å². The van der Waals surface area contributed by atoms with Crippen molar-refractivity contribution in [1.29, 1.82) is 0 Å². The summed E-state index contributed by atoms with van der Waals surface area (Å²) in [6, 6.07) is 3.81. The molecule has 15 heavy (non-hydrogen) atoms. The largest absolute Gasteiger partial charge is 0.394 e. The number of nitrogens with one attached hydrogen (secondary N) is 1. The lowest BCUT2D eigenvalue weighted by Gasteiger charge is -2.13. The zero-order chi connectivity index (χ0) is 11.4. The first-order valence-corrected chi connectivity index (χ1v) is 5.22. The third-order valence-electron chi connectivity index (χ3n) is 2.32. The molecule has 1 aromatic carbocycles. The Labute approximate surface area is 94.7 Å². The first-order chi connectivity index (χ1) is 7.04. The number of rotatable bonds is 4. The van der Waals surface area contributed by atoms with Gasteiger partial charge in [-0.1, -0.05) is 11.6 Å². The van der Waals surface area contributed by atoms with Gasteiger partial charge in [0.25, 0.3) is 0 Å². The van der Waals surface area contributed by atoms with Gasteiger partial charge in [-0.15, -0.1) is 0 Å². The molecule has 0 aliphatic carbocycles. The first-order valence-electron chi connectivity index (χ1n) is 4.84. The van der Waals surface area contributed by atoms with E-state index in [9.17, 15) is 5.11 Å². The fourth-order valence-corrected chi connectivity index (χ4v) is 1.49. The minimum absolute atomic E-state index is 0.255. The van der Waals surface area contributed by atoms with Crippen molar-refractivity contribution in [2.75, 3.05) is 18.5 Å². The summed E-state index contributed by atoms with van der Waals surface area (Å²) >= 11 is 6.02. The molecule has 84 valence electrons. The normalized spacial score (nSPS) is 12.6. The smallest absolute Gasteiger partial charge is 0.0942 e. The molecule has 3 nitrogen and oxygen atoms in total. The van der Waals surface area contributed by atoms with Crippen molar-refractivity contribution in [2.45, 2.75) is 20.0 Å². The molecule has 0 bridgehead atoms. The van der Waals surface area contributed by atoms with Gasteiger partial charge >= 0.3 is 0 Å². The number of aliphatic hydroxyl groups excluding tert-OH is 2. The third-order valence-corrected chi connectivity index (χ3v) is 2.63. The van der Waals surface area contributed by atoms with E-state index in [1.54, 1.807) is 0 Å². The molecule has 0 radical (unpaired) electrons. The van der Waals surface area contributed by atoms with Gasteiger partial charge in [-0.25, -0.2) is 0 Å². The van der Waals surface area contributed by atoms with Crippen LogP contribution in [0, 0.1) is 13.8 Å². The van der Waals surface area contributed by atoms with Crippen LogP contribution in [0.15, 0.2) is 12.1 Å². The molecular formula is C11H16ClNO2. The van der Waals surface area contributed by atoms with E-state index in [2.05, 4.69) is 5.32 Å². The quantitative estimate of drug-likeness (QED) is 0.737. The maximum Gasteiger partial charge on any atom is 0.0942 e. The molecule has 0 saturated heterocycles. The van der Waals surface area contributed by atoms with E-state index in [0.29, 0.717) is 11.6 Å². The van der Waals surface area contributed by atoms with Gasteiger partial charge in [-0.3, -0.25) is 0 Å². The molecule has 1 unspecified atom stereocenters. The fraction of sp³-hybridized carbons (Fsp3) is 0.455. The zero-order valence-electron chi connectivity index (χ0n) is 8.92. The van der Waals surface area contributed by atoms with Gasteiger partial charge in [-0.2, -0.15) is 0 Å². The molecule has 0 spiro atoms. The first kappa shape index (κ1) is 12.3. The summed E-state index contributed by atoms with van der Waals surface area (Å²) in [5.41, 5.74) is 3.06. The van der Waals surface area contributed by atoms with Crippen LogP contribution in [0.5, 0.6) is 0 Å². The van der Waals surface area contributed by atoms with E-state index < -0.39 is 6.10 Å². The Balaban J connectivity index is 2.73. The van der Waals surface area contributed by atoms with Gasteiger partial charge in [0.1, 0.15) is 0 Å². The molecule has 3 N–H and O–H groups in total. The fourth-order valence-electron chi connectivity index (χ4n) is 1.21. The Morgan fingerprint density at radius 1 is 1.33 bits per heavy atom. The molecule has 0 aliphatic rings. The minimum Gasteiger partial charge on any atom is -0.394 e. The predicted octanol–water partition coefficient (Wildman–Crippen LogP) is 1.72. The second kappa shape index (κ2) is 5.35. The van der Waals surface area contributed by atoms with Crippen LogP contribution in [-0.2, 0) is 0 Å². The van der Waals surface area contributed by atoms with Crippen molar-refractivity contribution in [2.24, 2.45) is 0 Å². The van der Waals surface area contributed by atoms with E-state index in [1.807, 2.05) is 26.0 Å². The molecule has 1 rings (SSSR count). The highest BCUT2D eigenvalue weighted by Crippen LogP contribution is 2.25. The molecule has 4 heteroatoms. The molecule has 0 aromatic heterocycles. The Kier molecular flexibility index (Phi) is 4.39. The lowest BCUT2D eigenvalue weighted by atomic mass is 10.1. The van der Waals surface area contributed by atoms with Crippen LogP contribution in [0.2, 0.25) is 5.02 Å². The van der Waals surface area contributed by atoms with Gasteiger partial charge in [-0.05, 0) is 37.1 Å². The number of aryl methyl sites for hydroxylation is 2. The summed E-state index contributed by atoms with van der Waals surface area (Å²) in [5.74, 6) is 0. The van der Waals surface area contributed by atoms with Crippen LogP contribution >= 0.6 is 11.6 Å². The van der Waals surface area contributed by atoms with E-state index >= 15 is 0 Å². The second-order valence-corrected chi connectivity index (χ2v) is 4.04. The minimum atomic E-state index is -0.761. The Bertz CT molecular complexity index is 342. The van der Waals surface area contributed by atoms with Gasteiger partial charge in [0.05, 0.1) is 23.4 Å². The van der Waals surface area contributed by atoms with Crippen LogP contribution in [0.3, 0.4) is 0 Å². The summed E-state index contributed by atoms with van der Waals surface area (Å²) in [6.45, 7) is 4.03. The molecule has 1 aromatic rings. The van der Waals surface area contributed by atoms with Gasteiger partial charge < -0.3 is 15.5 Å². The van der Waals surface area contributed by atoms with Crippen LogP contribution in [0.1, 0.15) is 11.1 Å². The summed E-state index contributed by atoms with van der Waals surface area (Å²) in [7, 11) is 0. The molecule has 0 heterocycles. The summed E-state index contributed by atoms with van der Waals surface area (Å²) in [5, 5.41) is 21.5. The highest BCUT2D eigenvalue weighted by molar-refractivity contribution is 6.33. The summed E-state index contributed by atoms with van der Waals surface area (Å²) in [4.78, 5) is 0. The molecule has 0 saturated carbocycles. The lowest BCUT2D eigenvalue weighted by molar-refractivity contribution is 0.105. The number of aliphatic hydroxyl groups is 2. The van der Waals surface area contributed by atoms with E-state index in [0.717, 1.165) is 16.8 Å². The second-order valence-electron chi connectivity index (χ2n) is 3.63. The monoisotopic (exact) mass is 229 g/mol. The van der Waals surface area contributed by atoms with E-state index in [4.69, 9.17) is 16.7 Å². The van der Waals surface area contributed by atoms with Crippen molar-refractivity contribution in [3.05, 3.63) is 28.3 Å².